The number of rotatable bonds is 8. The smallest absolute Gasteiger partial charge is 0.274 e. The molecule has 3 amide bonds. The minimum absolute atomic E-state index is 0.0460. The van der Waals surface area contributed by atoms with Gasteiger partial charge >= 0.3 is 0 Å². The molecular weight excluding hydrogens is 702 g/mol. The van der Waals surface area contributed by atoms with Crippen LogP contribution in [0.5, 0.6) is 0 Å². The number of piperidine rings is 3. The van der Waals surface area contributed by atoms with Gasteiger partial charge in [0.05, 0.1) is 10.6 Å². The van der Waals surface area contributed by atoms with Crippen molar-refractivity contribution < 1.29 is 14.4 Å². The van der Waals surface area contributed by atoms with E-state index in [9.17, 15) is 19.6 Å². The third-order valence-corrected chi connectivity index (χ3v) is 12.8. The fourth-order valence-corrected chi connectivity index (χ4v) is 9.58. The molecule has 0 radical (unpaired) electrons. The van der Waals surface area contributed by atoms with Crippen LogP contribution in [0.15, 0.2) is 54.6 Å². The zero-order valence-electron chi connectivity index (χ0n) is 30.8. The Morgan fingerprint density at radius 3 is 2.52 bits per heavy atom. The number of benzene rings is 2. The third-order valence-electron chi connectivity index (χ3n) is 12.5. The summed E-state index contributed by atoms with van der Waals surface area (Å²) in [4.78, 5) is 46.1. The number of imide groups is 1. The van der Waals surface area contributed by atoms with Gasteiger partial charge < -0.3 is 24.9 Å². The molecule has 2 atom stereocenters. The molecule has 5 aliphatic rings. The SMILES string of the molecule is C[C@H]1CC2(CCN(c3ccc(C(=O)N4CC(CN5CCC(c6cccc(N[C@@H]7CCC(=O)NC7=O)c6)CC5)C4)nn3)CC2)CN1c1ccc(C#N)c(Cl)c1. The first kappa shape index (κ1) is 36.3. The summed E-state index contributed by atoms with van der Waals surface area (Å²) in [7, 11) is 0. The van der Waals surface area contributed by atoms with Gasteiger partial charge in [-0.1, -0.05) is 23.7 Å². The fraction of sp³-hybridized carbons (Fsp3) is 0.512. The largest absolute Gasteiger partial charge is 0.374 e. The Bertz CT molecular complexity index is 1930. The van der Waals surface area contributed by atoms with Crippen LogP contribution in [0.3, 0.4) is 0 Å². The van der Waals surface area contributed by atoms with E-state index in [2.05, 4.69) is 60.7 Å². The van der Waals surface area contributed by atoms with Gasteiger partial charge in [0, 0.05) is 69.0 Å². The normalized spacial score (nSPS) is 23.6. The number of hydrogen-bond acceptors (Lipinski definition) is 10. The number of nitrogens with one attached hydrogen (secondary N) is 2. The summed E-state index contributed by atoms with van der Waals surface area (Å²) in [5.41, 5.74) is 4.42. The lowest BCUT2D eigenvalue weighted by Gasteiger charge is -2.43. The van der Waals surface area contributed by atoms with E-state index < -0.39 is 0 Å². The maximum Gasteiger partial charge on any atom is 0.274 e. The molecule has 2 aromatic carbocycles. The number of carbonyl (C=O) groups is 3. The molecule has 8 rings (SSSR count). The van der Waals surface area contributed by atoms with Crippen molar-refractivity contribution in [2.75, 3.05) is 67.5 Å². The number of anilines is 3. The van der Waals surface area contributed by atoms with Crippen LogP contribution < -0.4 is 20.4 Å². The fourth-order valence-electron chi connectivity index (χ4n) is 9.36. The van der Waals surface area contributed by atoms with Crippen molar-refractivity contribution in [3.8, 4) is 6.07 Å². The Balaban J connectivity index is 0.764. The highest BCUT2D eigenvalue weighted by Crippen LogP contribution is 2.46. The molecule has 5 fully saturated rings. The number of halogens is 1. The minimum atomic E-state index is -0.383. The summed E-state index contributed by atoms with van der Waals surface area (Å²) in [5, 5.41) is 24.4. The standard InChI is InChI=1S/C41H48ClN9O3/c1-27-21-41(26-51(27)33-6-5-31(22-43)34(42)20-33)13-17-49(18-14-41)37-9-7-36(46-47-37)40(54)50-24-28(25-50)23-48-15-11-29(12-16-48)30-3-2-4-32(19-30)44-35-8-10-38(52)45-39(35)53/h2-7,9,19-20,27-29,35,44H,8,10-18,21,23-26H2,1H3,(H,45,52,53)/t27-,35+/m0/s1. The lowest BCUT2D eigenvalue weighted by molar-refractivity contribution is -0.133. The van der Waals surface area contributed by atoms with Gasteiger partial charge in [0.25, 0.3) is 5.91 Å². The van der Waals surface area contributed by atoms with Crippen molar-refractivity contribution in [1.82, 2.24) is 25.3 Å². The summed E-state index contributed by atoms with van der Waals surface area (Å²) >= 11 is 6.36. The molecule has 1 spiro atoms. The molecule has 0 aliphatic carbocycles. The predicted octanol–water partition coefficient (Wildman–Crippen LogP) is 5.06. The first-order valence-electron chi connectivity index (χ1n) is 19.4. The molecule has 2 N–H and O–H groups in total. The van der Waals surface area contributed by atoms with Gasteiger partial charge in [0.15, 0.2) is 11.5 Å². The van der Waals surface area contributed by atoms with Gasteiger partial charge in [-0.05, 0) is 118 Å². The van der Waals surface area contributed by atoms with E-state index in [1.165, 1.54) is 5.56 Å². The van der Waals surface area contributed by atoms with Crippen molar-refractivity contribution in [2.24, 2.45) is 11.3 Å². The first-order valence-corrected chi connectivity index (χ1v) is 19.8. The minimum Gasteiger partial charge on any atom is -0.374 e. The highest BCUT2D eigenvalue weighted by atomic mass is 35.5. The average Bonchev–Trinajstić information content (AvgIpc) is 3.49. The van der Waals surface area contributed by atoms with Crippen LogP contribution in [0.2, 0.25) is 5.02 Å². The topological polar surface area (TPSA) is 138 Å². The van der Waals surface area contributed by atoms with Crippen LogP contribution in [0.1, 0.15) is 79.4 Å². The van der Waals surface area contributed by atoms with Crippen LogP contribution in [0, 0.1) is 22.7 Å². The number of nitriles is 1. The number of amides is 3. The Morgan fingerprint density at radius 1 is 1.02 bits per heavy atom. The van der Waals surface area contributed by atoms with E-state index in [1.807, 2.05) is 47.4 Å². The predicted molar refractivity (Wildman–Crippen MR) is 208 cm³/mol. The number of carbonyl (C=O) groups excluding carboxylic acids is 3. The summed E-state index contributed by atoms with van der Waals surface area (Å²) in [6.45, 7) is 9.57. The Labute approximate surface area is 321 Å². The van der Waals surface area contributed by atoms with Gasteiger partial charge in [-0.15, -0.1) is 10.2 Å². The van der Waals surface area contributed by atoms with Gasteiger partial charge in [0.1, 0.15) is 12.1 Å². The number of nitrogens with zero attached hydrogens (tertiary/aromatic N) is 7. The Hall–Kier alpha value is -4.73. The van der Waals surface area contributed by atoms with E-state index in [4.69, 9.17) is 11.6 Å². The summed E-state index contributed by atoms with van der Waals surface area (Å²) in [6.07, 6.45) is 6.25. The van der Waals surface area contributed by atoms with Crippen LogP contribution in [0.4, 0.5) is 17.2 Å². The molecular formula is C41H48ClN9O3. The molecule has 0 unspecified atom stereocenters. The van der Waals surface area contributed by atoms with Crippen molar-refractivity contribution in [1.29, 1.82) is 5.26 Å². The second-order valence-corrected chi connectivity index (χ2v) is 16.6. The zero-order valence-corrected chi connectivity index (χ0v) is 31.6. The van der Waals surface area contributed by atoms with Crippen molar-refractivity contribution in [2.45, 2.75) is 69.9 Å². The van der Waals surface area contributed by atoms with Gasteiger partial charge in [0.2, 0.25) is 11.8 Å². The quantitative estimate of drug-likeness (QED) is 0.301. The molecule has 13 heteroatoms. The zero-order chi connectivity index (χ0) is 37.4. The molecule has 5 saturated heterocycles. The molecule has 54 heavy (non-hydrogen) atoms. The molecule has 0 bridgehead atoms. The van der Waals surface area contributed by atoms with Crippen LogP contribution >= 0.6 is 11.6 Å². The van der Waals surface area contributed by atoms with Gasteiger partial charge in [-0.2, -0.15) is 5.26 Å². The summed E-state index contributed by atoms with van der Waals surface area (Å²) < 4.78 is 0. The van der Waals surface area contributed by atoms with Crippen LogP contribution in [-0.4, -0.2) is 102 Å². The van der Waals surface area contributed by atoms with Crippen LogP contribution in [-0.2, 0) is 9.59 Å². The lowest BCUT2D eigenvalue weighted by Crippen LogP contribution is -2.54. The lowest BCUT2D eigenvalue weighted by atomic mass is 9.77. The average molecular weight is 750 g/mol. The van der Waals surface area contributed by atoms with Crippen molar-refractivity contribution in [3.05, 3.63) is 76.4 Å². The summed E-state index contributed by atoms with van der Waals surface area (Å²) in [5.74, 6) is 1.25. The van der Waals surface area contributed by atoms with Crippen molar-refractivity contribution >= 4 is 46.5 Å². The van der Waals surface area contributed by atoms with E-state index in [0.717, 1.165) is 102 Å². The Morgan fingerprint density at radius 2 is 1.81 bits per heavy atom. The van der Waals surface area contributed by atoms with E-state index in [0.29, 0.717) is 47.0 Å². The van der Waals surface area contributed by atoms with Gasteiger partial charge in [-0.25, -0.2) is 0 Å². The maximum atomic E-state index is 13.3. The molecule has 282 valence electrons. The monoisotopic (exact) mass is 749 g/mol. The van der Waals surface area contributed by atoms with E-state index >= 15 is 0 Å². The molecule has 3 aromatic rings. The van der Waals surface area contributed by atoms with E-state index in [-0.39, 0.29) is 29.2 Å². The second kappa shape index (κ2) is 15.2. The highest BCUT2D eigenvalue weighted by Gasteiger charge is 2.44. The molecule has 1 aromatic heterocycles. The molecule has 6 heterocycles. The number of aromatic nitrogens is 2. The summed E-state index contributed by atoms with van der Waals surface area (Å²) in [6, 6.07) is 20.0. The van der Waals surface area contributed by atoms with Gasteiger partial charge in [-0.3, -0.25) is 19.7 Å². The molecule has 5 aliphatic heterocycles. The first-order chi connectivity index (χ1) is 26.1. The van der Waals surface area contributed by atoms with Crippen molar-refractivity contribution in [3.63, 3.8) is 0 Å². The second-order valence-electron chi connectivity index (χ2n) is 16.1. The maximum absolute atomic E-state index is 13.3. The molecule has 12 nitrogen and oxygen atoms in total. The highest BCUT2D eigenvalue weighted by molar-refractivity contribution is 6.32. The van der Waals surface area contributed by atoms with Crippen LogP contribution in [0.25, 0.3) is 0 Å². The number of likely N-dealkylation sites (tertiary alicyclic amines) is 2. The van der Waals surface area contributed by atoms with E-state index in [1.54, 1.807) is 0 Å². The molecule has 0 saturated carbocycles. The third kappa shape index (κ3) is 7.62. The Kier molecular flexibility index (Phi) is 10.2. The number of hydrogen-bond donors (Lipinski definition) is 2.